The lowest BCUT2D eigenvalue weighted by Crippen LogP contribution is -2.49. The molecule has 1 aliphatic carbocycles. The zero-order valence-corrected chi connectivity index (χ0v) is 16.5. The van der Waals surface area contributed by atoms with Crippen molar-refractivity contribution in [3.8, 4) is 0 Å². The van der Waals surface area contributed by atoms with E-state index in [0.29, 0.717) is 18.0 Å². The second kappa shape index (κ2) is 8.00. The molecule has 0 aromatic carbocycles. The van der Waals surface area contributed by atoms with Gasteiger partial charge in [0.1, 0.15) is 18.0 Å². The molecule has 1 amide bonds. The van der Waals surface area contributed by atoms with Gasteiger partial charge >= 0.3 is 0 Å². The minimum atomic E-state index is 0.166. The fourth-order valence-corrected chi connectivity index (χ4v) is 4.32. The lowest BCUT2D eigenvalue weighted by molar-refractivity contribution is -0.139. The standard InChI is InChI=1S/C20H31N5O2/c1-23(2)18-13-19(22-14-21-18)25(16-3-4-16)17-5-9-24(10-6-17)20(26)15-7-11-27-12-8-15/h13-17H,3-12H2,1-2H3. The molecule has 0 spiro atoms. The van der Waals surface area contributed by atoms with Gasteiger partial charge in [-0.05, 0) is 38.5 Å². The van der Waals surface area contributed by atoms with Gasteiger partial charge in [0.2, 0.25) is 5.91 Å². The van der Waals surface area contributed by atoms with E-state index in [1.807, 2.05) is 19.0 Å². The van der Waals surface area contributed by atoms with Crippen LogP contribution in [0.5, 0.6) is 0 Å². The molecule has 7 nitrogen and oxygen atoms in total. The van der Waals surface area contributed by atoms with Gasteiger partial charge in [0.05, 0.1) is 0 Å². The maximum Gasteiger partial charge on any atom is 0.225 e. The van der Waals surface area contributed by atoms with Gasteiger partial charge in [0.15, 0.2) is 0 Å². The molecule has 3 heterocycles. The van der Waals surface area contributed by atoms with Crippen LogP contribution in [-0.2, 0) is 9.53 Å². The Labute approximate surface area is 161 Å². The van der Waals surface area contributed by atoms with Gasteiger partial charge in [-0.25, -0.2) is 9.97 Å². The zero-order chi connectivity index (χ0) is 18.8. The van der Waals surface area contributed by atoms with Crippen LogP contribution in [0.25, 0.3) is 0 Å². The summed E-state index contributed by atoms with van der Waals surface area (Å²) in [6.45, 7) is 3.17. The van der Waals surface area contributed by atoms with Crippen LogP contribution in [0.4, 0.5) is 11.6 Å². The van der Waals surface area contributed by atoms with Crippen molar-refractivity contribution in [3.63, 3.8) is 0 Å². The monoisotopic (exact) mass is 373 g/mol. The van der Waals surface area contributed by atoms with Gasteiger partial charge in [0.25, 0.3) is 0 Å². The Kier molecular flexibility index (Phi) is 5.48. The number of anilines is 2. The van der Waals surface area contributed by atoms with Crippen molar-refractivity contribution in [2.75, 3.05) is 50.2 Å². The largest absolute Gasteiger partial charge is 0.381 e. The van der Waals surface area contributed by atoms with Crippen molar-refractivity contribution in [3.05, 3.63) is 12.4 Å². The molecule has 0 unspecified atom stereocenters. The number of hydrogen-bond acceptors (Lipinski definition) is 6. The number of rotatable bonds is 5. The Hall–Kier alpha value is -1.89. The highest BCUT2D eigenvalue weighted by Crippen LogP contribution is 2.36. The highest BCUT2D eigenvalue weighted by Gasteiger charge is 2.38. The molecule has 7 heteroatoms. The minimum absolute atomic E-state index is 0.166. The maximum atomic E-state index is 12.8. The first-order chi connectivity index (χ1) is 13.1. The van der Waals surface area contributed by atoms with Crippen molar-refractivity contribution in [1.82, 2.24) is 14.9 Å². The molecule has 0 atom stereocenters. The van der Waals surface area contributed by atoms with Crippen molar-refractivity contribution in [2.24, 2.45) is 5.92 Å². The predicted octanol–water partition coefficient (Wildman–Crippen LogP) is 1.93. The van der Waals surface area contributed by atoms with Crippen molar-refractivity contribution in [2.45, 2.75) is 50.6 Å². The second-order valence-corrected chi connectivity index (χ2v) is 8.21. The normalized spacial score (nSPS) is 21.9. The third kappa shape index (κ3) is 4.18. The molecule has 3 aliphatic rings. The number of amides is 1. The second-order valence-electron chi connectivity index (χ2n) is 8.21. The summed E-state index contributed by atoms with van der Waals surface area (Å²) < 4.78 is 5.40. The summed E-state index contributed by atoms with van der Waals surface area (Å²) in [5, 5.41) is 0. The Morgan fingerprint density at radius 1 is 1.00 bits per heavy atom. The van der Waals surface area contributed by atoms with E-state index in [-0.39, 0.29) is 5.92 Å². The summed E-state index contributed by atoms with van der Waals surface area (Å²) in [4.78, 5) is 28.3. The molecule has 1 aromatic heterocycles. The third-order valence-electron chi connectivity index (χ3n) is 6.04. The molecular formula is C20H31N5O2. The number of ether oxygens (including phenoxy) is 1. The maximum absolute atomic E-state index is 12.8. The van der Waals surface area contributed by atoms with Crippen LogP contribution in [-0.4, -0.2) is 73.3 Å². The van der Waals surface area contributed by atoms with Crippen molar-refractivity contribution in [1.29, 1.82) is 0 Å². The van der Waals surface area contributed by atoms with Crippen molar-refractivity contribution < 1.29 is 9.53 Å². The highest BCUT2D eigenvalue weighted by molar-refractivity contribution is 5.79. The molecule has 0 radical (unpaired) electrons. The zero-order valence-electron chi connectivity index (χ0n) is 16.5. The number of likely N-dealkylation sites (tertiary alicyclic amines) is 1. The molecule has 1 saturated carbocycles. The third-order valence-corrected chi connectivity index (χ3v) is 6.04. The molecule has 1 aromatic rings. The summed E-state index contributed by atoms with van der Waals surface area (Å²) in [5.74, 6) is 2.48. The minimum Gasteiger partial charge on any atom is -0.381 e. The Bertz CT molecular complexity index is 650. The van der Waals surface area contributed by atoms with Crippen LogP contribution in [0, 0.1) is 5.92 Å². The number of hydrogen-bond donors (Lipinski definition) is 0. The first kappa shape index (κ1) is 18.5. The van der Waals surface area contributed by atoms with E-state index in [2.05, 4.69) is 25.8 Å². The van der Waals surface area contributed by atoms with E-state index in [4.69, 9.17) is 4.74 Å². The molecular weight excluding hydrogens is 342 g/mol. The molecule has 2 aliphatic heterocycles. The van der Waals surface area contributed by atoms with Crippen LogP contribution in [0.3, 0.4) is 0 Å². The Balaban J connectivity index is 1.41. The first-order valence-corrected chi connectivity index (χ1v) is 10.3. The van der Waals surface area contributed by atoms with Gasteiger partial charge in [-0.3, -0.25) is 4.79 Å². The average molecular weight is 374 g/mol. The molecule has 3 fully saturated rings. The van der Waals surface area contributed by atoms with Crippen LogP contribution in [0.1, 0.15) is 38.5 Å². The summed E-state index contributed by atoms with van der Waals surface area (Å²) in [6, 6.07) is 3.15. The number of carbonyl (C=O) groups is 1. The fraction of sp³-hybridized carbons (Fsp3) is 0.750. The van der Waals surface area contributed by atoms with Crippen LogP contribution in [0.2, 0.25) is 0 Å². The Morgan fingerprint density at radius 2 is 1.63 bits per heavy atom. The molecule has 27 heavy (non-hydrogen) atoms. The Morgan fingerprint density at radius 3 is 2.26 bits per heavy atom. The number of carbonyl (C=O) groups excluding carboxylic acids is 1. The SMILES string of the molecule is CN(C)c1cc(N(C2CC2)C2CCN(C(=O)C3CCOCC3)CC2)ncn1. The van der Waals surface area contributed by atoms with E-state index >= 15 is 0 Å². The summed E-state index contributed by atoms with van der Waals surface area (Å²) >= 11 is 0. The molecule has 2 saturated heterocycles. The first-order valence-electron chi connectivity index (χ1n) is 10.3. The van der Waals surface area contributed by atoms with E-state index < -0.39 is 0 Å². The van der Waals surface area contributed by atoms with Gasteiger partial charge in [0, 0.05) is 64.5 Å². The van der Waals surface area contributed by atoms with Crippen molar-refractivity contribution >= 4 is 17.5 Å². The lowest BCUT2D eigenvalue weighted by atomic mass is 9.96. The van der Waals surface area contributed by atoms with E-state index in [9.17, 15) is 4.79 Å². The number of piperidine rings is 1. The lowest BCUT2D eigenvalue weighted by Gasteiger charge is -2.40. The van der Waals surface area contributed by atoms with Gasteiger partial charge in [-0.15, -0.1) is 0 Å². The fourth-order valence-electron chi connectivity index (χ4n) is 4.32. The molecule has 4 rings (SSSR count). The highest BCUT2D eigenvalue weighted by atomic mass is 16.5. The van der Waals surface area contributed by atoms with E-state index in [1.165, 1.54) is 12.8 Å². The van der Waals surface area contributed by atoms with Gasteiger partial charge in [-0.1, -0.05) is 0 Å². The molecule has 148 valence electrons. The molecule has 0 N–H and O–H groups in total. The summed E-state index contributed by atoms with van der Waals surface area (Å²) in [7, 11) is 4.02. The van der Waals surface area contributed by atoms with Crippen LogP contribution in [0.15, 0.2) is 12.4 Å². The smallest absolute Gasteiger partial charge is 0.225 e. The summed E-state index contributed by atoms with van der Waals surface area (Å²) in [6.07, 6.45) is 7.94. The van der Waals surface area contributed by atoms with E-state index in [0.717, 1.165) is 63.6 Å². The van der Waals surface area contributed by atoms with E-state index in [1.54, 1.807) is 6.33 Å². The van der Waals surface area contributed by atoms with Crippen LogP contribution < -0.4 is 9.80 Å². The van der Waals surface area contributed by atoms with Gasteiger partial charge in [-0.2, -0.15) is 0 Å². The number of nitrogens with zero attached hydrogens (tertiary/aromatic N) is 5. The summed E-state index contributed by atoms with van der Waals surface area (Å²) in [5.41, 5.74) is 0. The average Bonchev–Trinajstić information content (AvgIpc) is 3.54. The predicted molar refractivity (Wildman–Crippen MR) is 105 cm³/mol. The number of aromatic nitrogens is 2. The molecule has 0 bridgehead atoms. The van der Waals surface area contributed by atoms with Gasteiger partial charge < -0.3 is 19.4 Å². The van der Waals surface area contributed by atoms with Crippen LogP contribution >= 0.6 is 0 Å². The topological polar surface area (TPSA) is 61.8 Å². The quantitative estimate of drug-likeness (QED) is 0.786.